The van der Waals surface area contributed by atoms with E-state index in [1.54, 1.807) is 0 Å². The predicted octanol–water partition coefficient (Wildman–Crippen LogP) is 4.62. The first-order chi connectivity index (χ1) is 9.55. The van der Waals surface area contributed by atoms with Crippen LogP contribution in [0.3, 0.4) is 0 Å². The zero-order chi connectivity index (χ0) is 14.4. The van der Waals surface area contributed by atoms with Crippen molar-refractivity contribution in [3.63, 3.8) is 0 Å². The van der Waals surface area contributed by atoms with Crippen LogP contribution < -0.4 is 0 Å². The number of hydrogen-bond donors (Lipinski definition) is 0. The van der Waals surface area contributed by atoms with Crippen LogP contribution in [0.5, 0.6) is 0 Å². The van der Waals surface area contributed by atoms with Crippen molar-refractivity contribution < 1.29 is 0 Å². The van der Waals surface area contributed by atoms with Gasteiger partial charge >= 0.3 is 0 Å². The smallest absolute Gasteiger partial charge is 0.0638 e. The maximum Gasteiger partial charge on any atom is 0.0638 e. The highest BCUT2D eigenvalue weighted by Gasteiger charge is 2.26. The number of thioether (sulfide) groups is 1. The molecular weight excluding hydrogens is 262 g/mol. The van der Waals surface area contributed by atoms with Gasteiger partial charge in [-0.25, -0.2) is 0 Å². The summed E-state index contributed by atoms with van der Waals surface area (Å²) in [5.74, 6) is 1.01. The molecule has 1 aliphatic carbocycles. The molecule has 1 saturated carbocycles. The summed E-state index contributed by atoms with van der Waals surface area (Å²) in [5, 5.41) is 1.33. The summed E-state index contributed by atoms with van der Waals surface area (Å²) in [6.07, 6.45) is 10.5. The van der Waals surface area contributed by atoms with E-state index in [1.807, 2.05) is 36.2 Å². The lowest BCUT2D eigenvalue weighted by atomic mass is 9.88. The first-order valence-electron chi connectivity index (χ1n) is 6.98. The highest BCUT2D eigenvalue weighted by Crippen LogP contribution is 2.36. The van der Waals surface area contributed by atoms with Gasteiger partial charge in [0, 0.05) is 17.2 Å². The molecule has 0 unspecified atom stereocenters. The monoisotopic (exact) mass is 284 g/mol. The zero-order valence-corrected chi connectivity index (χ0v) is 13.2. The maximum atomic E-state index is 4.82. The van der Waals surface area contributed by atoms with E-state index in [4.69, 9.17) is 4.99 Å². The van der Waals surface area contributed by atoms with Crippen LogP contribution in [0, 0.1) is 36.3 Å². The molecule has 1 nitrogen and oxygen atoms in total. The van der Waals surface area contributed by atoms with Crippen LogP contribution in [0.2, 0.25) is 0 Å². The van der Waals surface area contributed by atoms with Gasteiger partial charge in [0.2, 0.25) is 0 Å². The van der Waals surface area contributed by atoms with E-state index in [2.05, 4.69) is 58.6 Å². The van der Waals surface area contributed by atoms with E-state index in [0.29, 0.717) is 6.04 Å². The lowest BCUT2D eigenvalue weighted by Gasteiger charge is -2.27. The van der Waals surface area contributed by atoms with E-state index in [-0.39, 0.29) is 5.41 Å². The van der Waals surface area contributed by atoms with Crippen LogP contribution in [0.15, 0.2) is 35.3 Å². The van der Waals surface area contributed by atoms with E-state index in [0.717, 1.165) is 5.75 Å². The summed E-state index contributed by atoms with van der Waals surface area (Å²) >= 11 is 1.88. The van der Waals surface area contributed by atoms with Gasteiger partial charge in [-0.1, -0.05) is 51.1 Å². The number of nitrogens with zero attached hydrogens (tertiary/aromatic N) is 1. The second kappa shape index (κ2) is 7.31. The van der Waals surface area contributed by atoms with Crippen LogP contribution in [-0.4, -0.2) is 18.0 Å². The number of aliphatic imine (C=N–C) groups is 1. The van der Waals surface area contributed by atoms with Crippen LogP contribution >= 0.6 is 11.8 Å². The molecule has 0 bridgehead atoms. The highest BCUT2D eigenvalue weighted by molar-refractivity contribution is 8.02. The molecule has 1 aliphatic rings. The first kappa shape index (κ1) is 15.6. The van der Waals surface area contributed by atoms with Crippen molar-refractivity contribution in [2.45, 2.75) is 26.8 Å². The summed E-state index contributed by atoms with van der Waals surface area (Å²) in [4.78, 5) is 4.82. The van der Waals surface area contributed by atoms with Crippen molar-refractivity contribution >= 4 is 18.0 Å². The average molecular weight is 284 g/mol. The SMILES string of the molecule is CC(C)(C)[C@@H](CS[C]1[CH][CH][CH][CH]1)N=Cc1ccccc1. The molecule has 0 amide bonds. The third-order valence-corrected chi connectivity index (χ3v) is 4.33. The van der Waals surface area contributed by atoms with Gasteiger partial charge in [-0.3, -0.25) is 4.99 Å². The van der Waals surface area contributed by atoms with E-state index in [1.165, 1.54) is 10.8 Å². The molecule has 5 radical (unpaired) electrons. The van der Waals surface area contributed by atoms with Gasteiger partial charge in [0.05, 0.1) is 6.04 Å². The van der Waals surface area contributed by atoms with Gasteiger partial charge in [0.15, 0.2) is 0 Å². The third-order valence-electron chi connectivity index (χ3n) is 3.24. The van der Waals surface area contributed by atoms with Gasteiger partial charge in [-0.2, -0.15) is 11.8 Å². The molecule has 2 rings (SSSR count). The van der Waals surface area contributed by atoms with Gasteiger partial charge in [0.25, 0.3) is 0 Å². The average Bonchev–Trinajstić information content (AvgIpc) is 2.91. The minimum atomic E-state index is 0.172. The fourth-order valence-corrected chi connectivity index (χ4v) is 3.15. The number of rotatable bonds is 5. The standard InChI is InChI=1S/C18H22NS/c1-18(2,3)17(14-20-16-11-7-8-12-16)19-13-15-9-5-4-6-10-15/h4-13,17H,14H2,1-3H3/t17-/m1/s1. The fourth-order valence-electron chi connectivity index (χ4n) is 1.86. The molecule has 0 spiro atoms. The maximum absolute atomic E-state index is 4.82. The van der Waals surface area contributed by atoms with E-state index in [9.17, 15) is 0 Å². The normalized spacial score (nSPS) is 18.8. The van der Waals surface area contributed by atoms with Crippen molar-refractivity contribution in [1.29, 1.82) is 0 Å². The molecule has 20 heavy (non-hydrogen) atoms. The molecule has 1 aromatic carbocycles. The van der Waals surface area contributed by atoms with Crippen molar-refractivity contribution in [2.24, 2.45) is 10.4 Å². The molecule has 105 valence electrons. The molecule has 0 aromatic heterocycles. The Balaban J connectivity index is 1.95. The summed E-state index contributed by atoms with van der Waals surface area (Å²) in [6.45, 7) is 6.77. The summed E-state index contributed by atoms with van der Waals surface area (Å²) in [5.41, 5.74) is 1.34. The number of benzene rings is 1. The van der Waals surface area contributed by atoms with Gasteiger partial charge < -0.3 is 0 Å². The number of hydrogen-bond acceptors (Lipinski definition) is 2. The Morgan fingerprint density at radius 3 is 2.35 bits per heavy atom. The molecule has 0 N–H and O–H groups in total. The van der Waals surface area contributed by atoms with E-state index < -0.39 is 0 Å². The Bertz CT molecular complexity index is 413. The van der Waals surface area contributed by atoms with Crippen molar-refractivity contribution in [1.82, 2.24) is 0 Å². The molecule has 0 aliphatic heterocycles. The molecular formula is C18H22NS. The van der Waals surface area contributed by atoms with E-state index >= 15 is 0 Å². The Labute approximate surface area is 128 Å². The minimum Gasteiger partial charge on any atom is -0.288 e. The first-order valence-corrected chi connectivity index (χ1v) is 7.97. The van der Waals surface area contributed by atoms with Crippen LogP contribution in [0.4, 0.5) is 0 Å². The Kier molecular flexibility index (Phi) is 5.71. The molecule has 1 aromatic rings. The van der Waals surface area contributed by atoms with Gasteiger partial charge in [0.1, 0.15) is 0 Å². The minimum absolute atomic E-state index is 0.172. The van der Waals surface area contributed by atoms with Crippen molar-refractivity contribution in [3.05, 3.63) is 66.8 Å². The van der Waals surface area contributed by atoms with Gasteiger partial charge in [-0.15, -0.1) is 0 Å². The molecule has 0 heterocycles. The topological polar surface area (TPSA) is 12.4 Å². The second-order valence-corrected chi connectivity index (χ2v) is 7.10. The quantitative estimate of drug-likeness (QED) is 0.719. The molecule has 0 saturated heterocycles. The summed E-state index contributed by atoms with van der Waals surface area (Å²) in [7, 11) is 0. The molecule has 1 atom stereocenters. The van der Waals surface area contributed by atoms with Gasteiger partial charge in [-0.05, 0) is 36.7 Å². The van der Waals surface area contributed by atoms with Crippen molar-refractivity contribution in [2.75, 3.05) is 5.75 Å². The lowest BCUT2D eigenvalue weighted by molar-refractivity contribution is 0.347. The summed E-state index contributed by atoms with van der Waals surface area (Å²) < 4.78 is 0. The molecule has 1 fully saturated rings. The fraction of sp³-hybridized carbons (Fsp3) is 0.333. The zero-order valence-electron chi connectivity index (χ0n) is 12.4. The van der Waals surface area contributed by atoms with Crippen molar-refractivity contribution in [3.8, 4) is 0 Å². The Hall–Kier alpha value is -0.760. The Morgan fingerprint density at radius 1 is 1.10 bits per heavy atom. The van der Waals surface area contributed by atoms with Crippen LogP contribution in [-0.2, 0) is 0 Å². The highest BCUT2D eigenvalue weighted by atomic mass is 32.2. The summed E-state index contributed by atoms with van der Waals surface area (Å²) in [6, 6.07) is 10.6. The predicted molar refractivity (Wildman–Crippen MR) is 90.2 cm³/mol. The second-order valence-electron chi connectivity index (χ2n) is 6.00. The largest absolute Gasteiger partial charge is 0.288 e. The lowest BCUT2D eigenvalue weighted by Crippen LogP contribution is -2.27. The van der Waals surface area contributed by atoms with Crippen LogP contribution in [0.25, 0.3) is 0 Å². The Morgan fingerprint density at radius 2 is 1.75 bits per heavy atom. The third kappa shape index (κ3) is 4.97. The van der Waals surface area contributed by atoms with Crippen LogP contribution in [0.1, 0.15) is 26.3 Å². The molecule has 2 heteroatoms.